The number of benzene rings is 1. The first kappa shape index (κ1) is 31.8. The fraction of sp³-hybridized carbons (Fsp3) is 0.733. The van der Waals surface area contributed by atoms with Gasteiger partial charge in [-0.05, 0) is 82.8 Å². The van der Waals surface area contributed by atoms with E-state index in [0.29, 0.717) is 32.3 Å². The van der Waals surface area contributed by atoms with Gasteiger partial charge in [-0.2, -0.15) is 0 Å². The van der Waals surface area contributed by atoms with E-state index in [0.717, 1.165) is 42.6 Å². The molecule has 0 heterocycles. The zero-order valence-electron chi connectivity index (χ0n) is 24.2. The van der Waals surface area contributed by atoms with E-state index in [9.17, 15) is 14.7 Å². The van der Waals surface area contributed by atoms with Crippen LogP contribution in [0, 0.1) is 0 Å². The van der Waals surface area contributed by atoms with Gasteiger partial charge in [0.15, 0.2) is 0 Å². The highest BCUT2D eigenvalue weighted by Gasteiger charge is 2.31. The first-order chi connectivity index (χ1) is 16.7. The van der Waals surface area contributed by atoms with Gasteiger partial charge in [0, 0.05) is 24.0 Å². The number of esters is 2. The third kappa shape index (κ3) is 10.8. The summed E-state index contributed by atoms with van der Waals surface area (Å²) in [6.45, 7) is 18.5. The molecule has 6 nitrogen and oxygen atoms in total. The maximum Gasteiger partial charge on any atom is 0.306 e. The van der Waals surface area contributed by atoms with E-state index in [2.05, 4.69) is 34.6 Å². The largest absolute Gasteiger partial charge is 0.508 e. The highest BCUT2D eigenvalue weighted by molar-refractivity contribution is 5.69. The molecule has 0 bridgehead atoms. The Hall–Kier alpha value is -2.24. The molecule has 0 atom stereocenters. The minimum atomic E-state index is -0.353. The summed E-state index contributed by atoms with van der Waals surface area (Å²) in [6.07, 6.45) is 5.30. The van der Waals surface area contributed by atoms with Crippen molar-refractivity contribution in [2.75, 3.05) is 6.61 Å². The molecule has 1 rings (SSSR count). The van der Waals surface area contributed by atoms with E-state index in [1.165, 1.54) is 0 Å². The summed E-state index contributed by atoms with van der Waals surface area (Å²) in [5, 5.41) is 11.1. The van der Waals surface area contributed by atoms with Gasteiger partial charge in [-0.15, -0.1) is 0 Å². The molecule has 1 aromatic carbocycles. The van der Waals surface area contributed by atoms with Gasteiger partial charge in [0.1, 0.15) is 11.5 Å². The minimum Gasteiger partial charge on any atom is -0.508 e. The Morgan fingerprint density at radius 1 is 0.806 bits per heavy atom. The third-order valence-corrected chi connectivity index (χ3v) is 6.41. The molecule has 0 fully saturated rings. The first-order valence-electron chi connectivity index (χ1n) is 13.6. The number of hydrogen-bond donors (Lipinski definition) is 1. The average Bonchev–Trinajstić information content (AvgIpc) is 2.73. The predicted molar refractivity (Wildman–Crippen MR) is 145 cm³/mol. The van der Waals surface area contributed by atoms with Crippen LogP contribution in [0.25, 0.3) is 0 Å². The van der Waals surface area contributed by atoms with Gasteiger partial charge >= 0.3 is 11.9 Å². The molecule has 0 aromatic heterocycles. The van der Waals surface area contributed by atoms with Crippen LogP contribution in [0.5, 0.6) is 11.5 Å². The molecule has 0 saturated heterocycles. The van der Waals surface area contributed by atoms with Crippen LogP contribution in [0.4, 0.5) is 0 Å². The van der Waals surface area contributed by atoms with Crippen molar-refractivity contribution in [2.45, 2.75) is 137 Å². The summed E-state index contributed by atoms with van der Waals surface area (Å²) in [5.41, 5.74) is 1.09. The van der Waals surface area contributed by atoms with Crippen molar-refractivity contribution in [1.29, 1.82) is 0 Å². The van der Waals surface area contributed by atoms with E-state index in [4.69, 9.17) is 14.2 Å². The van der Waals surface area contributed by atoms with Crippen molar-refractivity contribution in [3.8, 4) is 11.5 Å². The molecule has 206 valence electrons. The van der Waals surface area contributed by atoms with Crippen LogP contribution < -0.4 is 4.74 Å². The number of phenols is 1. The van der Waals surface area contributed by atoms with E-state index in [-0.39, 0.29) is 40.7 Å². The highest BCUT2D eigenvalue weighted by atomic mass is 16.5. The highest BCUT2D eigenvalue weighted by Crippen LogP contribution is 2.44. The lowest BCUT2D eigenvalue weighted by molar-refractivity contribution is -0.148. The predicted octanol–water partition coefficient (Wildman–Crippen LogP) is 7.37. The number of aromatic hydroxyl groups is 1. The van der Waals surface area contributed by atoms with Crippen molar-refractivity contribution >= 4 is 11.9 Å². The summed E-state index contributed by atoms with van der Waals surface area (Å²) in [7, 11) is 0. The number of carbonyl (C=O) groups is 2. The van der Waals surface area contributed by atoms with E-state index >= 15 is 0 Å². The second-order valence-electron chi connectivity index (χ2n) is 11.6. The number of hydrogen-bond acceptors (Lipinski definition) is 6. The Bertz CT molecular complexity index is 838. The quantitative estimate of drug-likeness (QED) is 0.186. The fourth-order valence-electron chi connectivity index (χ4n) is 4.35. The molecule has 36 heavy (non-hydrogen) atoms. The van der Waals surface area contributed by atoms with Crippen molar-refractivity contribution in [3.63, 3.8) is 0 Å². The monoisotopic (exact) mass is 506 g/mol. The summed E-state index contributed by atoms with van der Waals surface area (Å²) in [6, 6.07) is 3.80. The Labute approximate surface area is 219 Å². The second kappa shape index (κ2) is 14.5. The van der Waals surface area contributed by atoms with E-state index < -0.39 is 0 Å². The maximum absolute atomic E-state index is 12.0. The zero-order valence-corrected chi connectivity index (χ0v) is 24.2. The molecule has 0 spiro atoms. The zero-order chi connectivity index (χ0) is 27.5. The van der Waals surface area contributed by atoms with E-state index in [1.54, 1.807) is 0 Å². The molecule has 1 N–H and O–H groups in total. The van der Waals surface area contributed by atoms with Gasteiger partial charge in [-0.25, -0.2) is 0 Å². The summed E-state index contributed by atoms with van der Waals surface area (Å²) < 4.78 is 16.8. The molecule has 0 saturated carbocycles. The van der Waals surface area contributed by atoms with Crippen LogP contribution in [-0.4, -0.2) is 35.9 Å². The van der Waals surface area contributed by atoms with Crippen LogP contribution in [0.2, 0.25) is 0 Å². The van der Waals surface area contributed by atoms with Gasteiger partial charge in [0.05, 0.1) is 18.8 Å². The average molecular weight is 507 g/mol. The molecule has 0 aliphatic heterocycles. The lowest BCUT2D eigenvalue weighted by atomic mass is 9.75. The fourth-order valence-corrected chi connectivity index (χ4v) is 4.35. The van der Waals surface area contributed by atoms with Gasteiger partial charge < -0.3 is 19.3 Å². The number of rotatable bonds is 16. The molecule has 0 radical (unpaired) electrons. The molecule has 0 unspecified atom stereocenters. The lowest BCUT2D eigenvalue weighted by Gasteiger charge is -2.32. The number of unbranched alkanes of at least 4 members (excludes halogenated alkanes) is 1. The molecular weight excluding hydrogens is 456 g/mol. The van der Waals surface area contributed by atoms with Crippen LogP contribution in [0.15, 0.2) is 12.1 Å². The van der Waals surface area contributed by atoms with Crippen molar-refractivity contribution in [2.24, 2.45) is 0 Å². The Balaban J connectivity index is 3.10. The van der Waals surface area contributed by atoms with Crippen LogP contribution in [0.1, 0.15) is 125 Å². The van der Waals surface area contributed by atoms with Crippen molar-refractivity contribution < 1.29 is 28.9 Å². The first-order valence-corrected chi connectivity index (χ1v) is 13.6. The maximum atomic E-state index is 12.0. The van der Waals surface area contributed by atoms with Crippen molar-refractivity contribution in [1.82, 2.24) is 0 Å². The summed E-state index contributed by atoms with van der Waals surface area (Å²) in [5.74, 6) is 0.633. The number of carbonyl (C=O) groups excluding carboxylic acids is 2. The lowest BCUT2D eigenvalue weighted by Crippen LogP contribution is -2.22. The third-order valence-electron chi connectivity index (χ3n) is 6.41. The van der Waals surface area contributed by atoms with E-state index in [1.807, 2.05) is 39.8 Å². The van der Waals surface area contributed by atoms with Gasteiger partial charge in [0.25, 0.3) is 0 Å². The van der Waals surface area contributed by atoms with Gasteiger partial charge in [-0.1, -0.05) is 41.0 Å². The normalized spacial score (nSPS) is 12.2. The molecule has 0 aliphatic rings. The van der Waals surface area contributed by atoms with Gasteiger partial charge in [-0.3, -0.25) is 9.59 Å². The molecular formula is C30H50O6. The standard InChI is InChI=1S/C30H50O6/c1-10-11-18-34-26-20-23(29(6,7)16-12-14-27(32)35-21(2)3)25(31)19-24(26)30(8,9)17-13-15-28(33)36-22(4)5/h19-22,31H,10-18H2,1-9H3. The Kier molecular flexibility index (Phi) is 12.8. The smallest absolute Gasteiger partial charge is 0.306 e. The summed E-state index contributed by atoms with van der Waals surface area (Å²) >= 11 is 0. The second-order valence-corrected chi connectivity index (χ2v) is 11.6. The van der Waals surface area contributed by atoms with Gasteiger partial charge in [0.2, 0.25) is 0 Å². The van der Waals surface area contributed by atoms with Crippen LogP contribution in [0.3, 0.4) is 0 Å². The summed E-state index contributed by atoms with van der Waals surface area (Å²) in [4.78, 5) is 24.0. The minimum absolute atomic E-state index is 0.113. The van der Waals surface area contributed by atoms with Crippen molar-refractivity contribution in [3.05, 3.63) is 23.3 Å². The number of phenolic OH excluding ortho intramolecular Hbond substituents is 1. The number of ether oxygens (including phenoxy) is 3. The van der Waals surface area contributed by atoms with Crippen LogP contribution in [-0.2, 0) is 29.9 Å². The Morgan fingerprint density at radius 3 is 1.72 bits per heavy atom. The molecule has 0 amide bonds. The SMILES string of the molecule is CCCCOc1cc(C(C)(C)CCCC(=O)OC(C)C)c(O)cc1C(C)(C)CCCC(=O)OC(C)C. The topological polar surface area (TPSA) is 82.1 Å². The Morgan fingerprint density at radius 2 is 1.28 bits per heavy atom. The molecule has 1 aromatic rings. The molecule has 6 heteroatoms. The van der Waals surface area contributed by atoms with Crippen LogP contribution >= 0.6 is 0 Å². The molecule has 0 aliphatic carbocycles.